The first-order valence-electron chi connectivity index (χ1n) is 7.14. The second-order valence-corrected chi connectivity index (χ2v) is 5.41. The molecule has 0 saturated heterocycles. The first-order chi connectivity index (χ1) is 9.23. The summed E-state index contributed by atoms with van der Waals surface area (Å²) >= 11 is 0. The van der Waals surface area contributed by atoms with Gasteiger partial charge in [-0.05, 0) is 37.8 Å². The number of carboxylic acid groups (broad SMARTS) is 1. The van der Waals surface area contributed by atoms with E-state index in [1.165, 1.54) is 6.42 Å². The fourth-order valence-corrected chi connectivity index (χ4v) is 2.92. The van der Waals surface area contributed by atoms with E-state index in [0.29, 0.717) is 6.61 Å². The molecule has 0 heterocycles. The van der Waals surface area contributed by atoms with E-state index in [1.807, 2.05) is 30.3 Å². The molecule has 0 unspecified atom stereocenters. The Hall–Kier alpha value is -1.51. The molecule has 0 aliphatic heterocycles. The minimum Gasteiger partial charge on any atom is -0.494 e. The molecule has 0 aromatic heterocycles. The maximum atomic E-state index is 11.5. The van der Waals surface area contributed by atoms with Crippen LogP contribution < -0.4 is 4.74 Å². The van der Waals surface area contributed by atoms with Crippen molar-refractivity contribution in [3.8, 4) is 5.75 Å². The van der Waals surface area contributed by atoms with Crippen LogP contribution >= 0.6 is 0 Å². The molecule has 0 atom stereocenters. The lowest BCUT2D eigenvalue weighted by atomic mass is 9.71. The summed E-state index contributed by atoms with van der Waals surface area (Å²) in [5, 5.41) is 9.46. The summed E-state index contributed by atoms with van der Waals surface area (Å²) in [5.41, 5.74) is -0.488. The van der Waals surface area contributed by atoms with Crippen molar-refractivity contribution in [3.05, 3.63) is 30.3 Å². The normalized spacial score (nSPS) is 17.9. The molecule has 1 fully saturated rings. The molecule has 1 N–H and O–H groups in total. The number of carbonyl (C=O) groups is 1. The van der Waals surface area contributed by atoms with Gasteiger partial charge in [-0.25, -0.2) is 0 Å². The van der Waals surface area contributed by atoms with E-state index in [0.717, 1.165) is 44.3 Å². The number of hydrogen-bond acceptors (Lipinski definition) is 2. The molecule has 1 aliphatic rings. The zero-order valence-corrected chi connectivity index (χ0v) is 11.3. The van der Waals surface area contributed by atoms with Crippen molar-refractivity contribution >= 4 is 5.97 Å². The van der Waals surface area contributed by atoms with Gasteiger partial charge in [-0.3, -0.25) is 4.79 Å². The zero-order chi connectivity index (χ0) is 13.6. The van der Waals surface area contributed by atoms with Gasteiger partial charge >= 0.3 is 5.97 Å². The number of aliphatic carboxylic acids is 1. The zero-order valence-electron chi connectivity index (χ0n) is 11.3. The third-order valence-electron chi connectivity index (χ3n) is 4.08. The van der Waals surface area contributed by atoms with Crippen molar-refractivity contribution in [2.75, 3.05) is 6.61 Å². The summed E-state index contributed by atoms with van der Waals surface area (Å²) < 4.78 is 5.63. The van der Waals surface area contributed by atoms with Crippen LogP contribution in [0.4, 0.5) is 0 Å². The van der Waals surface area contributed by atoms with Crippen molar-refractivity contribution in [3.63, 3.8) is 0 Å². The molecule has 1 aromatic carbocycles. The minimum atomic E-state index is -0.619. The smallest absolute Gasteiger partial charge is 0.309 e. The predicted octanol–water partition coefficient (Wildman–Crippen LogP) is 3.88. The van der Waals surface area contributed by atoms with Crippen LogP contribution in [0, 0.1) is 5.41 Å². The van der Waals surface area contributed by atoms with E-state index < -0.39 is 11.4 Å². The van der Waals surface area contributed by atoms with Crippen LogP contribution in [0.1, 0.15) is 44.9 Å². The number of ether oxygens (including phenoxy) is 1. The fourth-order valence-electron chi connectivity index (χ4n) is 2.92. The molecule has 0 spiro atoms. The van der Waals surface area contributed by atoms with Gasteiger partial charge in [0.15, 0.2) is 0 Å². The van der Waals surface area contributed by atoms with E-state index in [1.54, 1.807) is 0 Å². The molecule has 104 valence electrons. The van der Waals surface area contributed by atoms with Gasteiger partial charge in [-0.1, -0.05) is 37.5 Å². The minimum absolute atomic E-state index is 0.488. The van der Waals surface area contributed by atoms with Gasteiger partial charge in [0.2, 0.25) is 0 Å². The highest BCUT2D eigenvalue weighted by molar-refractivity contribution is 5.74. The van der Waals surface area contributed by atoms with Crippen LogP contribution in [-0.4, -0.2) is 17.7 Å². The van der Waals surface area contributed by atoms with Crippen LogP contribution in [0.5, 0.6) is 5.75 Å². The number of rotatable bonds is 6. The average molecular weight is 262 g/mol. The van der Waals surface area contributed by atoms with E-state index in [-0.39, 0.29) is 0 Å². The van der Waals surface area contributed by atoms with Gasteiger partial charge < -0.3 is 9.84 Å². The Morgan fingerprint density at radius 2 is 1.84 bits per heavy atom. The van der Waals surface area contributed by atoms with Gasteiger partial charge in [0.25, 0.3) is 0 Å². The predicted molar refractivity (Wildman–Crippen MR) is 74.3 cm³/mol. The SMILES string of the molecule is O=C(O)C1(CCCOc2ccccc2)CCCCC1. The fraction of sp³-hybridized carbons (Fsp3) is 0.562. The van der Waals surface area contributed by atoms with Gasteiger partial charge in [0, 0.05) is 0 Å². The molecule has 3 heteroatoms. The van der Waals surface area contributed by atoms with Crippen molar-refractivity contribution < 1.29 is 14.6 Å². The van der Waals surface area contributed by atoms with Crippen molar-refractivity contribution in [1.29, 1.82) is 0 Å². The molecule has 0 bridgehead atoms. The van der Waals surface area contributed by atoms with Crippen molar-refractivity contribution in [2.24, 2.45) is 5.41 Å². The van der Waals surface area contributed by atoms with Gasteiger partial charge in [-0.2, -0.15) is 0 Å². The van der Waals surface area contributed by atoms with E-state index >= 15 is 0 Å². The lowest BCUT2D eigenvalue weighted by Crippen LogP contribution is -2.33. The maximum Gasteiger partial charge on any atom is 0.309 e. The largest absolute Gasteiger partial charge is 0.494 e. The summed E-state index contributed by atoms with van der Waals surface area (Å²) in [4.78, 5) is 11.5. The standard InChI is InChI=1S/C16H22O3/c17-15(18)16(10-5-2-6-11-16)12-7-13-19-14-8-3-1-4-9-14/h1,3-4,8-9H,2,5-7,10-13H2,(H,17,18). The summed E-state index contributed by atoms with van der Waals surface area (Å²) in [7, 11) is 0. The molecule has 1 aromatic rings. The molecule has 0 amide bonds. The van der Waals surface area contributed by atoms with E-state index in [9.17, 15) is 9.90 Å². The number of carboxylic acids is 1. The van der Waals surface area contributed by atoms with E-state index in [2.05, 4.69) is 0 Å². The lowest BCUT2D eigenvalue weighted by molar-refractivity contribution is -0.151. The molecule has 1 aliphatic carbocycles. The Morgan fingerprint density at radius 3 is 2.47 bits per heavy atom. The van der Waals surface area contributed by atoms with Crippen LogP contribution in [0.25, 0.3) is 0 Å². The highest BCUT2D eigenvalue weighted by Gasteiger charge is 2.38. The Balaban J connectivity index is 1.78. The second-order valence-electron chi connectivity index (χ2n) is 5.41. The maximum absolute atomic E-state index is 11.5. The lowest BCUT2D eigenvalue weighted by Gasteiger charge is -2.33. The van der Waals surface area contributed by atoms with Crippen molar-refractivity contribution in [1.82, 2.24) is 0 Å². The van der Waals surface area contributed by atoms with Crippen LogP contribution in [0.3, 0.4) is 0 Å². The molecule has 19 heavy (non-hydrogen) atoms. The first kappa shape index (κ1) is 13.9. The summed E-state index contributed by atoms with van der Waals surface area (Å²) in [6.45, 7) is 0.596. The second kappa shape index (κ2) is 6.60. The van der Waals surface area contributed by atoms with Gasteiger partial charge in [0.1, 0.15) is 5.75 Å². The number of hydrogen-bond donors (Lipinski definition) is 1. The number of para-hydroxylation sites is 1. The Kier molecular flexibility index (Phi) is 4.83. The topological polar surface area (TPSA) is 46.5 Å². The Bertz CT molecular complexity index is 394. The van der Waals surface area contributed by atoms with Crippen LogP contribution in [0.2, 0.25) is 0 Å². The van der Waals surface area contributed by atoms with E-state index in [4.69, 9.17) is 4.74 Å². The molecule has 0 radical (unpaired) electrons. The van der Waals surface area contributed by atoms with Crippen molar-refractivity contribution in [2.45, 2.75) is 44.9 Å². The quantitative estimate of drug-likeness (QED) is 0.791. The van der Waals surface area contributed by atoms with Crippen LogP contribution in [-0.2, 0) is 4.79 Å². The molecular formula is C16H22O3. The molecule has 2 rings (SSSR count). The molecule has 1 saturated carbocycles. The average Bonchev–Trinajstić information content (AvgIpc) is 2.46. The molecular weight excluding hydrogens is 240 g/mol. The highest BCUT2D eigenvalue weighted by atomic mass is 16.5. The van der Waals surface area contributed by atoms with Crippen LogP contribution in [0.15, 0.2) is 30.3 Å². The summed E-state index contributed by atoms with van der Waals surface area (Å²) in [6, 6.07) is 9.68. The Morgan fingerprint density at radius 1 is 1.16 bits per heavy atom. The monoisotopic (exact) mass is 262 g/mol. The first-order valence-corrected chi connectivity index (χ1v) is 7.14. The highest BCUT2D eigenvalue weighted by Crippen LogP contribution is 2.40. The van der Waals surface area contributed by atoms with Gasteiger partial charge in [-0.15, -0.1) is 0 Å². The summed E-state index contributed by atoms with van der Waals surface area (Å²) in [5.74, 6) is 0.238. The van der Waals surface area contributed by atoms with Gasteiger partial charge in [0.05, 0.1) is 12.0 Å². The third kappa shape index (κ3) is 3.72. The third-order valence-corrected chi connectivity index (χ3v) is 4.08. The Labute approximate surface area is 114 Å². The summed E-state index contributed by atoms with van der Waals surface area (Å²) in [6.07, 6.45) is 6.46. The number of benzene rings is 1. The molecule has 3 nitrogen and oxygen atoms in total.